The maximum absolute atomic E-state index is 12.0. The Kier molecular flexibility index (Phi) is 3.75. The van der Waals surface area contributed by atoms with Crippen LogP contribution in [0, 0.1) is 11.3 Å². The second-order valence-electron chi connectivity index (χ2n) is 4.29. The Morgan fingerprint density at radius 3 is 3.19 bits per heavy atom. The normalized spacial score (nSPS) is 30.4. The molecule has 5 nitrogen and oxygen atoms in total. The Morgan fingerprint density at radius 2 is 2.50 bits per heavy atom. The second kappa shape index (κ2) is 5.28. The van der Waals surface area contributed by atoms with Gasteiger partial charge in [-0.05, 0) is 12.8 Å². The van der Waals surface area contributed by atoms with Crippen molar-refractivity contribution in [3.05, 3.63) is 0 Å². The zero-order chi connectivity index (χ0) is 11.4. The maximum atomic E-state index is 12.0. The SMILES string of the molecule is N#CCC1NCCN(CC2CCCO2)C1=O. The third-order valence-corrected chi connectivity index (χ3v) is 3.13. The maximum Gasteiger partial charge on any atom is 0.240 e. The number of hydrogen-bond donors (Lipinski definition) is 1. The highest BCUT2D eigenvalue weighted by atomic mass is 16.5. The van der Waals surface area contributed by atoms with Crippen molar-refractivity contribution < 1.29 is 9.53 Å². The molecule has 1 N–H and O–H groups in total. The van der Waals surface area contributed by atoms with Gasteiger partial charge in [0.2, 0.25) is 5.91 Å². The van der Waals surface area contributed by atoms with E-state index in [4.69, 9.17) is 10.00 Å². The van der Waals surface area contributed by atoms with Crippen LogP contribution in [0.5, 0.6) is 0 Å². The predicted molar refractivity (Wildman–Crippen MR) is 57.6 cm³/mol. The molecular weight excluding hydrogens is 206 g/mol. The fourth-order valence-corrected chi connectivity index (χ4v) is 2.26. The molecule has 5 heteroatoms. The van der Waals surface area contributed by atoms with E-state index in [1.54, 1.807) is 0 Å². The minimum Gasteiger partial charge on any atom is -0.376 e. The molecule has 88 valence electrons. The van der Waals surface area contributed by atoms with Crippen LogP contribution in [0.25, 0.3) is 0 Å². The van der Waals surface area contributed by atoms with Crippen LogP contribution in [0.15, 0.2) is 0 Å². The van der Waals surface area contributed by atoms with Gasteiger partial charge in [-0.1, -0.05) is 0 Å². The molecule has 0 bridgehead atoms. The van der Waals surface area contributed by atoms with Crippen molar-refractivity contribution in [1.29, 1.82) is 5.26 Å². The lowest BCUT2D eigenvalue weighted by Crippen LogP contribution is -2.56. The molecule has 2 heterocycles. The van der Waals surface area contributed by atoms with Crippen LogP contribution in [-0.4, -0.2) is 49.2 Å². The Labute approximate surface area is 95.4 Å². The van der Waals surface area contributed by atoms with Crippen molar-refractivity contribution in [2.24, 2.45) is 0 Å². The van der Waals surface area contributed by atoms with E-state index in [2.05, 4.69) is 5.32 Å². The molecule has 0 aromatic heterocycles. The standard InChI is InChI=1S/C11H17N3O2/c12-4-3-10-11(15)14(6-5-13-10)8-9-2-1-7-16-9/h9-10,13H,1-3,5-8H2. The number of carbonyl (C=O) groups excluding carboxylic acids is 1. The van der Waals surface area contributed by atoms with E-state index in [1.165, 1.54) is 0 Å². The minimum atomic E-state index is -0.319. The number of hydrogen-bond acceptors (Lipinski definition) is 4. The summed E-state index contributed by atoms with van der Waals surface area (Å²) in [5.41, 5.74) is 0. The highest BCUT2D eigenvalue weighted by Gasteiger charge is 2.30. The summed E-state index contributed by atoms with van der Waals surface area (Å²) < 4.78 is 5.52. The van der Waals surface area contributed by atoms with Gasteiger partial charge in [0.15, 0.2) is 0 Å². The van der Waals surface area contributed by atoms with Gasteiger partial charge in [0.25, 0.3) is 0 Å². The third-order valence-electron chi connectivity index (χ3n) is 3.13. The van der Waals surface area contributed by atoms with Gasteiger partial charge < -0.3 is 15.0 Å². The molecule has 0 spiro atoms. The van der Waals surface area contributed by atoms with Crippen molar-refractivity contribution in [3.63, 3.8) is 0 Å². The fourth-order valence-electron chi connectivity index (χ4n) is 2.26. The smallest absolute Gasteiger partial charge is 0.240 e. The number of amides is 1. The molecule has 0 aromatic rings. The van der Waals surface area contributed by atoms with Gasteiger partial charge in [-0.25, -0.2) is 0 Å². The number of carbonyl (C=O) groups is 1. The molecule has 2 rings (SSSR count). The molecule has 1 amide bonds. The molecule has 16 heavy (non-hydrogen) atoms. The van der Waals surface area contributed by atoms with E-state index < -0.39 is 0 Å². The molecule has 2 aliphatic rings. The Hall–Kier alpha value is -1.12. The summed E-state index contributed by atoms with van der Waals surface area (Å²) in [6.45, 7) is 2.99. The van der Waals surface area contributed by atoms with E-state index >= 15 is 0 Å². The molecule has 0 aliphatic carbocycles. The molecular formula is C11H17N3O2. The lowest BCUT2D eigenvalue weighted by Gasteiger charge is -2.33. The van der Waals surface area contributed by atoms with Gasteiger partial charge in [-0.2, -0.15) is 5.26 Å². The van der Waals surface area contributed by atoms with Gasteiger partial charge in [0.05, 0.1) is 18.6 Å². The second-order valence-corrected chi connectivity index (χ2v) is 4.29. The topological polar surface area (TPSA) is 65.4 Å². The molecule has 2 atom stereocenters. The molecule has 0 radical (unpaired) electrons. The summed E-state index contributed by atoms with van der Waals surface area (Å²) >= 11 is 0. The quantitative estimate of drug-likeness (QED) is 0.724. The van der Waals surface area contributed by atoms with Crippen LogP contribution in [0.1, 0.15) is 19.3 Å². The summed E-state index contributed by atoms with van der Waals surface area (Å²) in [5.74, 6) is 0.0447. The summed E-state index contributed by atoms with van der Waals surface area (Å²) in [7, 11) is 0. The van der Waals surface area contributed by atoms with Crippen LogP contribution in [0.4, 0.5) is 0 Å². The van der Waals surface area contributed by atoms with Crippen LogP contribution in [-0.2, 0) is 9.53 Å². The van der Waals surface area contributed by atoms with Crippen LogP contribution in [0.2, 0.25) is 0 Å². The number of nitrogens with zero attached hydrogens (tertiary/aromatic N) is 2. The van der Waals surface area contributed by atoms with Crippen molar-refractivity contribution in [3.8, 4) is 6.07 Å². The van der Waals surface area contributed by atoms with E-state index in [9.17, 15) is 4.79 Å². The molecule has 2 unspecified atom stereocenters. The van der Waals surface area contributed by atoms with Gasteiger partial charge >= 0.3 is 0 Å². The number of piperazine rings is 1. The van der Waals surface area contributed by atoms with Crippen molar-refractivity contribution >= 4 is 5.91 Å². The van der Waals surface area contributed by atoms with E-state index in [0.29, 0.717) is 6.54 Å². The first-order valence-electron chi connectivity index (χ1n) is 5.82. The number of nitriles is 1. The first-order valence-corrected chi connectivity index (χ1v) is 5.82. The highest BCUT2D eigenvalue weighted by molar-refractivity contribution is 5.83. The average molecular weight is 223 g/mol. The summed E-state index contributed by atoms with van der Waals surface area (Å²) in [6, 6.07) is 1.72. The Bertz CT molecular complexity index is 294. The van der Waals surface area contributed by atoms with Crippen LogP contribution in [0.3, 0.4) is 0 Å². The van der Waals surface area contributed by atoms with E-state index in [0.717, 1.165) is 32.5 Å². The number of nitrogens with one attached hydrogen (secondary N) is 1. The minimum absolute atomic E-state index is 0.0447. The molecule has 2 aliphatic heterocycles. The Morgan fingerprint density at radius 1 is 1.62 bits per heavy atom. The van der Waals surface area contributed by atoms with Gasteiger partial charge in [0, 0.05) is 26.2 Å². The first kappa shape index (κ1) is 11.4. The summed E-state index contributed by atoms with van der Waals surface area (Å²) in [5, 5.41) is 11.7. The van der Waals surface area contributed by atoms with Gasteiger partial charge in [0.1, 0.15) is 6.04 Å². The zero-order valence-corrected chi connectivity index (χ0v) is 9.32. The highest BCUT2D eigenvalue weighted by Crippen LogP contribution is 2.15. The van der Waals surface area contributed by atoms with Crippen LogP contribution < -0.4 is 5.32 Å². The molecule has 0 saturated carbocycles. The number of ether oxygens (including phenoxy) is 1. The number of rotatable bonds is 3. The lowest BCUT2D eigenvalue weighted by molar-refractivity contribution is -0.137. The summed E-state index contributed by atoms with van der Waals surface area (Å²) in [6.07, 6.45) is 2.58. The van der Waals surface area contributed by atoms with Crippen LogP contribution >= 0.6 is 0 Å². The molecule has 2 saturated heterocycles. The lowest BCUT2D eigenvalue weighted by atomic mass is 10.1. The fraction of sp³-hybridized carbons (Fsp3) is 0.818. The molecule has 0 aromatic carbocycles. The first-order chi connectivity index (χ1) is 7.81. The van der Waals surface area contributed by atoms with E-state index in [-0.39, 0.29) is 24.5 Å². The Balaban J connectivity index is 1.88. The van der Waals surface area contributed by atoms with Crippen molar-refractivity contribution in [2.45, 2.75) is 31.4 Å². The zero-order valence-electron chi connectivity index (χ0n) is 9.32. The largest absolute Gasteiger partial charge is 0.376 e. The van der Waals surface area contributed by atoms with E-state index in [1.807, 2.05) is 11.0 Å². The monoisotopic (exact) mass is 223 g/mol. The third kappa shape index (κ3) is 2.52. The predicted octanol–water partition coefficient (Wildman–Crippen LogP) is -0.121. The average Bonchev–Trinajstić information content (AvgIpc) is 2.77. The van der Waals surface area contributed by atoms with Crippen molar-refractivity contribution in [2.75, 3.05) is 26.2 Å². The van der Waals surface area contributed by atoms with Crippen molar-refractivity contribution in [1.82, 2.24) is 10.2 Å². The van der Waals surface area contributed by atoms with Gasteiger partial charge in [-0.3, -0.25) is 4.79 Å². The van der Waals surface area contributed by atoms with Gasteiger partial charge in [-0.15, -0.1) is 0 Å². The summed E-state index contributed by atoms with van der Waals surface area (Å²) in [4.78, 5) is 13.8. The molecule has 2 fully saturated rings.